The molecule has 1 amide bonds. The van der Waals surface area contributed by atoms with E-state index in [2.05, 4.69) is 16.1 Å². The Balaban J connectivity index is 2.58. The zero-order valence-electron chi connectivity index (χ0n) is 5.78. The lowest BCUT2D eigenvalue weighted by Crippen LogP contribution is -2.17. The van der Waals surface area contributed by atoms with Gasteiger partial charge in [-0.3, -0.25) is 5.32 Å². The van der Waals surface area contributed by atoms with Gasteiger partial charge in [-0.05, 0) is 12.1 Å². The van der Waals surface area contributed by atoms with Gasteiger partial charge in [-0.1, -0.05) is 18.2 Å². The van der Waals surface area contributed by atoms with Crippen LogP contribution in [-0.4, -0.2) is 6.09 Å². The molecule has 4 heteroatoms. The molecule has 4 nitrogen and oxygen atoms in total. The fourth-order valence-electron chi connectivity index (χ4n) is 0.669. The molecule has 0 fully saturated rings. The van der Waals surface area contributed by atoms with Crippen molar-refractivity contribution in [3.63, 3.8) is 0 Å². The van der Waals surface area contributed by atoms with Crippen molar-refractivity contribution in [2.24, 2.45) is 5.90 Å². The number of carbonyl (C=O) groups excluding carboxylic acids is 1. The molecule has 1 aromatic carbocycles. The van der Waals surface area contributed by atoms with Crippen LogP contribution >= 0.6 is 0 Å². The first kappa shape index (κ1) is 7.56. The molecule has 0 atom stereocenters. The number of hydrogen-bond donors (Lipinski definition) is 2. The van der Waals surface area contributed by atoms with Crippen molar-refractivity contribution in [2.45, 2.75) is 0 Å². The van der Waals surface area contributed by atoms with E-state index >= 15 is 0 Å². The molecule has 0 aromatic heterocycles. The number of para-hydroxylation sites is 1. The minimum Gasteiger partial charge on any atom is -0.357 e. The SMILES string of the molecule is NOC(=O)Nc1ccccc1. The molecule has 0 radical (unpaired) electrons. The van der Waals surface area contributed by atoms with Crippen LogP contribution < -0.4 is 11.2 Å². The van der Waals surface area contributed by atoms with E-state index in [1.807, 2.05) is 6.07 Å². The molecule has 1 aromatic rings. The molecule has 0 spiro atoms. The maximum atomic E-state index is 10.5. The number of anilines is 1. The first-order chi connectivity index (χ1) is 5.33. The smallest absolute Gasteiger partial charge is 0.357 e. The van der Waals surface area contributed by atoms with Gasteiger partial charge in [-0.15, -0.1) is 0 Å². The van der Waals surface area contributed by atoms with E-state index < -0.39 is 6.09 Å². The normalized spacial score (nSPS) is 8.82. The molecule has 0 aliphatic rings. The molecular weight excluding hydrogens is 144 g/mol. The van der Waals surface area contributed by atoms with Crippen molar-refractivity contribution < 1.29 is 9.63 Å². The van der Waals surface area contributed by atoms with Crippen molar-refractivity contribution >= 4 is 11.8 Å². The van der Waals surface area contributed by atoms with Crippen molar-refractivity contribution in [3.8, 4) is 0 Å². The Labute approximate surface area is 63.9 Å². The van der Waals surface area contributed by atoms with Gasteiger partial charge in [0.25, 0.3) is 0 Å². The monoisotopic (exact) mass is 152 g/mol. The number of hydrogen-bond acceptors (Lipinski definition) is 3. The van der Waals surface area contributed by atoms with Gasteiger partial charge < -0.3 is 4.84 Å². The van der Waals surface area contributed by atoms with E-state index in [1.165, 1.54) is 0 Å². The van der Waals surface area contributed by atoms with Crippen LogP contribution in [0.1, 0.15) is 0 Å². The van der Waals surface area contributed by atoms with Gasteiger partial charge in [0.1, 0.15) is 0 Å². The summed E-state index contributed by atoms with van der Waals surface area (Å²) in [4.78, 5) is 14.4. The van der Waals surface area contributed by atoms with Gasteiger partial charge in [-0.25, -0.2) is 4.79 Å². The van der Waals surface area contributed by atoms with Crippen LogP contribution in [0.25, 0.3) is 0 Å². The van der Waals surface area contributed by atoms with Crippen LogP contribution in [-0.2, 0) is 4.84 Å². The summed E-state index contributed by atoms with van der Waals surface area (Å²) in [6, 6.07) is 8.91. The molecule has 1 rings (SSSR count). The second-order valence-corrected chi connectivity index (χ2v) is 1.90. The predicted octanol–water partition coefficient (Wildman–Crippen LogP) is 1.11. The Hall–Kier alpha value is -1.55. The van der Waals surface area contributed by atoms with Crippen LogP contribution in [0.4, 0.5) is 10.5 Å². The Kier molecular flexibility index (Phi) is 2.46. The lowest BCUT2D eigenvalue weighted by Gasteiger charge is -2.00. The average molecular weight is 152 g/mol. The quantitative estimate of drug-likeness (QED) is 0.592. The minimum atomic E-state index is -0.670. The summed E-state index contributed by atoms with van der Waals surface area (Å²) in [5.74, 6) is 4.61. The first-order valence-electron chi connectivity index (χ1n) is 3.05. The highest BCUT2D eigenvalue weighted by Crippen LogP contribution is 2.04. The summed E-state index contributed by atoms with van der Waals surface area (Å²) >= 11 is 0. The second-order valence-electron chi connectivity index (χ2n) is 1.90. The van der Waals surface area contributed by atoms with E-state index in [9.17, 15) is 4.79 Å². The zero-order chi connectivity index (χ0) is 8.10. The lowest BCUT2D eigenvalue weighted by molar-refractivity contribution is 0.163. The Morgan fingerprint density at radius 1 is 1.36 bits per heavy atom. The van der Waals surface area contributed by atoms with Gasteiger partial charge >= 0.3 is 6.09 Å². The average Bonchev–Trinajstić information content (AvgIpc) is 2.06. The number of rotatable bonds is 1. The summed E-state index contributed by atoms with van der Waals surface area (Å²) in [6.07, 6.45) is -0.670. The topological polar surface area (TPSA) is 64.3 Å². The summed E-state index contributed by atoms with van der Waals surface area (Å²) in [5.41, 5.74) is 0.656. The second kappa shape index (κ2) is 3.58. The number of nitrogens with two attached hydrogens (primary N) is 1. The fourth-order valence-corrected chi connectivity index (χ4v) is 0.669. The summed E-state index contributed by atoms with van der Waals surface area (Å²) in [7, 11) is 0. The molecule has 0 saturated carbocycles. The van der Waals surface area contributed by atoms with Crippen LogP contribution in [0, 0.1) is 0 Å². The van der Waals surface area contributed by atoms with Crippen molar-refractivity contribution in [3.05, 3.63) is 30.3 Å². The molecule has 0 heterocycles. The Bertz CT molecular complexity index is 235. The van der Waals surface area contributed by atoms with Gasteiger partial charge in [0.15, 0.2) is 0 Å². The molecule has 0 bridgehead atoms. The largest absolute Gasteiger partial charge is 0.430 e. The lowest BCUT2D eigenvalue weighted by atomic mass is 10.3. The molecule has 11 heavy (non-hydrogen) atoms. The number of nitrogens with one attached hydrogen (secondary N) is 1. The highest BCUT2D eigenvalue weighted by molar-refractivity contribution is 5.84. The Morgan fingerprint density at radius 2 is 2.00 bits per heavy atom. The van der Waals surface area contributed by atoms with E-state index in [0.717, 1.165) is 0 Å². The predicted molar refractivity (Wildman–Crippen MR) is 40.7 cm³/mol. The molecule has 0 saturated heterocycles. The molecule has 58 valence electrons. The third-order valence-corrected chi connectivity index (χ3v) is 1.13. The van der Waals surface area contributed by atoms with E-state index in [-0.39, 0.29) is 0 Å². The van der Waals surface area contributed by atoms with Crippen LogP contribution in [0.2, 0.25) is 0 Å². The maximum Gasteiger partial charge on any atom is 0.430 e. The fraction of sp³-hybridized carbons (Fsp3) is 0. The standard InChI is InChI=1S/C7H8N2O2/c8-11-7(10)9-6-4-2-1-3-5-6/h1-5H,8H2,(H,9,10). The van der Waals surface area contributed by atoms with Gasteiger partial charge in [0.05, 0.1) is 0 Å². The number of amides is 1. The van der Waals surface area contributed by atoms with E-state index in [1.54, 1.807) is 24.3 Å². The summed E-state index contributed by atoms with van der Waals surface area (Å²) in [6.45, 7) is 0. The molecule has 0 aliphatic heterocycles. The van der Waals surface area contributed by atoms with Gasteiger partial charge in [0, 0.05) is 5.69 Å². The Morgan fingerprint density at radius 3 is 2.55 bits per heavy atom. The maximum absolute atomic E-state index is 10.5. The highest BCUT2D eigenvalue weighted by Gasteiger charge is 1.97. The third-order valence-electron chi connectivity index (χ3n) is 1.13. The van der Waals surface area contributed by atoms with Crippen molar-refractivity contribution in [1.29, 1.82) is 0 Å². The van der Waals surface area contributed by atoms with E-state index in [4.69, 9.17) is 0 Å². The number of carbonyl (C=O) groups is 1. The molecule has 0 unspecified atom stereocenters. The van der Waals surface area contributed by atoms with Crippen LogP contribution in [0.3, 0.4) is 0 Å². The van der Waals surface area contributed by atoms with Crippen molar-refractivity contribution in [2.75, 3.05) is 5.32 Å². The zero-order valence-corrected chi connectivity index (χ0v) is 5.78. The molecule has 0 aliphatic carbocycles. The van der Waals surface area contributed by atoms with Gasteiger partial charge in [0.2, 0.25) is 0 Å². The van der Waals surface area contributed by atoms with Crippen LogP contribution in [0.5, 0.6) is 0 Å². The van der Waals surface area contributed by atoms with Crippen LogP contribution in [0.15, 0.2) is 30.3 Å². The summed E-state index contributed by atoms with van der Waals surface area (Å²) < 4.78 is 0. The van der Waals surface area contributed by atoms with Gasteiger partial charge in [-0.2, -0.15) is 5.90 Å². The summed E-state index contributed by atoms with van der Waals surface area (Å²) in [5, 5.41) is 2.41. The highest BCUT2D eigenvalue weighted by atomic mass is 16.7. The van der Waals surface area contributed by atoms with E-state index in [0.29, 0.717) is 5.69 Å². The first-order valence-corrected chi connectivity index (χ1v) is 3.05. The van der Waals surface area contributed by atoms with Crippen molar-refractivity contribution in [1.82, 2.24) is 0 Å². The molecule has 3 N–H and O–H groups in total. The number of benzene rings is 1. The third kappa shape index (κ3) is 2.27. The minimum absolute atomic E-state index is 0.656. The molecular formula is C7H8N2O2.